The monoisotopic (exact) mass is 469 g/mol. The summed E-state index contributed by atoms with van der Waals surface area (Å²) >= 11 is 2.44. The van der Waals surface area contributed by atoms with Crippen molar-refractivity contribution in [2.45, 2.75) is 5.03 Å². The van der Waals surface area contributed by atoms with E-state index in [4.69, 9.17) is 15.0 Å². The van der Waals surface area contributed by atoms with E-state index in [2.05, 4.69) is 21.6 Å². The van der Waals surface area contributed by atoms with E-state index in [0.717, 1.165) is 16.6 Å². The molecule has 0 aromatic carbocycles. The fourth-order valence-corrected chi connectivity index (χ4v) is 4.64. The molecule has 1 saturated heterocycles. The van der Waals surface area contributed by atoms with Gasteiger partial charge >= 0.3 is 5.88 Å². The Kier molecular flexibility index (Phi) is 6.51. The largest absolute Gasteiger partial charge is 0.383 e. The molecular weight excluding hydrogens is 452 g/mol. The van der Waals surface area contributed by atoms with E-state index in [9.17, 15) is 15.3 Å². The Morgan fingerprint density at radius 3 is 2.81 bits per heavy atom. The number of nitrogen functional groups attached to an aromatic ring is 1. The molecular formula is C19H17N8O3S2+. The highest BCUT2D eigenvalue weighted by atomic mass is 32.2. The van der Waals surface area contributed by atoms with Crippen molar-refractivity contribution in [1.29, 1.82) is 10.5 Å². The number of morpholine rings is 1. The fraction of sp³-hybridized carbons (Fsp3) is 0.263. The summed E-state index contributed by atoms with van der Waals surface area (Å²) in [6, 6.07) is 7.75. The van der Waals surface area contributed by atoms with Gasteiger partial charge in [0.25, 0.3) is 6.20 Å². The molecule has 0 radical (unpaired) electrons. The Bertz CT molecular complexity index is 1210. The maximum Gasteiger partial charge on any atom is 0.305 e. The van der Waals surface area contributed by atoms with Gasteiger partial charge in [-0.15, -0.1) is 16.3 Å². The third-order valence-corrected chi connectivity index (χ3v) is 6.38. The molecule has 3 aromatic rings. The number of amides is 1. The normalized spacial score (nSPS) is 13.4. The van der Waals surface area contributed by atoms with Gasteiger partial charge in [0.05, 0.1) is 42.4 Å². The number of nitrogens with two attached hydrogens (primary N) is 1. The molecule has 32 heavy (non-hydrogen) atoms. The highest BCUT2D eigenvalue weighted by Crippen LogP contribution is 2.37. The van der Waals surface area contributed by atoms with Crippen LogP contribution in [-0.4, -0.2) is 48.2 Å². The average Bonchev–Trinajstić information content (AvgIpc) is 3.50. The van der Waals surface area contributed by atoms with Crippen LogP contribution in [0.2, 0.25) is 0 Å². The molecule has 0 unspecified atom stereocenters. The van der Waals surface area contributed by atoms with E-state index >= 15 is 0 Å². The number of nitrogens with one attached hydrogen (secondary N) is 1. The van der Waals surface area contributed by atoms with Crippen LogP contribution >= 0.6 is 23.1 Å². The topological polar surface area (TPSA) is 158 Å². The minimum absolute atomic E-state index is 0.0135. The zero-order chi connectivity index (χ0) is 22.5. The number of hydrogen-bond acceptors (Lipinski definition) is 11. The molecule has 0 bridgehead atoms. The highest BCUT2D eigenvalue weighted by Gasteiger charge is 2.25. The number of anilines is 2. The van der Waals surface area contributed by atoms with Gasteiger partial charge in [-0.2, -0.15) is 10.5 Å². The number of carbonyl (C=O) groups excluding carboxylic acids is 1. The lowest BCUT2D eigenvalue weighted by atomic mass is 10.0. The van der Waals surface area contributed by atoms with Crippen LogP contribution in [0.5, 0.6) is 0 Å². The van der Waals surface area contributed by atoms with Gasteiger partial charge in [-0.25, -0.2) is 4.98 Å². The summed E-state index contributed by atoms with van der Waals surface area (Å²) in [5.74, 6) is -0.213. The summed E-state index contributed by atoms with van der Waals surface area (Å²) in [7, 11) is 0. The van der Waals surface area contributed by atoms with Crippen molar-refractivity contribution >= 4 is 40.7 Å². The van der Waals surface area contributed by atoms with Gasteiger partial charge in [-0.05, 0) is 11.4 Å². The minimum Gasteiger partial charge on any atom is -0.383 e. The van der Waals surface area contributed by atoms with Gasteiger partial charge in [0, 0.05) is 10.4 Å². The Labute approximate surface area is 190 Å². The Morgan fingerprint density at radius 1 is 1.34 bits per heavy atom. The number of nitrogens with zero attached hydrogens (tertiary/aromatic N) is 6. The van der Waals surface area contributed by atoms with Crippen LogP contribution in [0.3, 0.4) is 0 Å². The molecule has 11 nitrogen and oxygen atoms in total. The number of thiophene rings is 1. The molecule has 3 N–H and O–H groups in total. The van der Waals surface area contributed by atoms with E-state index in [1.54, 1.807) is 12.3 Å². The molecule has 3 aromatic heterocycles. The first-order chi connectivity index (χ1) is 15.6. The quantitative estimate of drug-likeness (QED) is 0.396. The molecule has 1 fully saturated rings. The van der Waals surface area contributed by atoms with Crippen LogP contribution in [-0.2, 0) is 9.53 Å². The highest BCUT2D eigenvalue weighted by molar-refractivity contribution is 8.00. The SMILES string of the molecule is N#Cc1c(N)nc(SCC(=O)Nc2c[n+](N3CCOCC3)no2)c(C#N)c1-c1cccs1. The smallest absolute Gasteiger partial charge is 0.305 e. The zero-order valence-electron chi connectivity index (χ0n) is 16.6. The van der Waals surface area contributed by atoms with Crippen LogP contribution in [0, 0.1) is 22.7 Å². The number of carbonyl (C=O) groups is 1. The van der Waals surface area contributed by atoms with Gasteiger partial charge in [-0.3, -0.25) is 14.6 Å². The lowest BCUT2D eigenvalue weighted by Gasteiger charge is -2.18. The van der Waals surface area contributed by atoms with Crippen molar-refractivity contribution < 1.29 is 18.8 Å². The van der Waals surface area contributed by atoms with E-state index in [1.165, 1.54) is 16.1 Å². The molecule has 1 aliphatic heterocycles. The summed E-state index contributed by atoms with van der Waals surface area (Å²) < 4.78 is 10.5. The van der Waals surface area contributed by atoms with Crippen molar-refractivity contribution in [3.63, 3.8) is 0 Å². The van der Waals surface area contributed by atoms with Crippen molar-refractivity contribution in [1.82, 2.24) is 10.3 Å². The van der Waals surface area contributed by atoms with Crippen LogP contribution in [0.15, 0.2) is 33.3 Å². The molecule has 0 atom stereocenters. The molecule has 1 aliphatic rings. The van der Waals surface area contributed by atoms with Crippen LogP contribution in [0.25, 0.3) is 10.4 Å². The number of rotatable bonds is 6. The van der Waals surface area contributed by atoms with Crippen LogP contribution < -0.4 is 20.9 Å². The second-order valence-corrected chi connectivity index (χ2v) is 8.43. The zero-order valence-corrected chi connectivity index (χ0v) is 18.3. The number of hydrogen-bond donors (Lipinski definition) is 2. The number of aromatic nitrogens is 3. The molecule has 0 spiro atoms. The summed E-state index contributed by atoms with van der Waals surface area (Å²) in [6.07, 6.45) is 1.57. The van der Waals surface area contributed by atoms with E-state index in [0.29, 0.717) is 31.9 Å². The predicted molar refractivity (Wildman–Crippen MR) is 116 cm³/mol. The van der Waals surface area contributed by atoms with Crippen molar-refractivity contribution in [2.75, 3.05) is 48.1 Å². The summed E-state index contributed by atoms with van der Waals surface area (Å²) in [6.45, 7) is 2.51. The molecule has 1 amide bonds. The number of thioether (sulfide) groups is 1. The first kappa shape index (κ1) is 21.6. The molecule has 0 aliphatic carbocycles. The molecule has 0 saturated carbocycles. The average molecular weight is 470 g/mol. The van der Waals surface area contributed by atoms with Crippen LogP contribution in [0.4, 0.5) is 11.7 Å². The summed E-state index contributed by atoms with van der Waals surface area (Å²) in [4.78, 5) is 18.9. The third kappa shape index (κ3) is 4.50. The lowest BCUT2D eigenvalue weighted by Crippen LogP contribution is -2.62. The Morgan fingerprint density at radius 2 is 2.12 bits per heavy atom. The molecule has 4 rings (SSSR count). The van der Waals surface area contributed by atoms with Gasteiger partial charge in [0.15, 0.2) is 0 Å². The number of ether oxygens (including phenoxy) is 1. The molecule has 162 valence electrons. The van der Waals surface area contributed by atoms with E-state index < -0.39 is 0 Å². The second kappa shape index (κ2) is 9.65. The molecule has 4 heterocycles. The summed E-state index contributed by atoms with van der Waals surface area (Å²) in [5.41, 5.74) is 6.76. The Balaban J connectivity index is 1.48. The predicted octanol–water partition coefficient (Wildman–Crippen LogP) is 1.11. The standard InChI is InChI=1S/C19H16N8O3S2/c20-8-12-17(14-2-1-7-31-14)13(9-21)19(24-18(12)22)32-11-15(28)23-16-10-27(25-30-16)26-3-5-29-6-4-26/h1-2,7,10H,3-6,11H2,(H2-,22,23,24,25,28)/p+1. The minimum atomic E-state index is -0.369. The fourth-order valence-electron chi connectivity index (χ4n) is 3.06. The van der Waals surface area contributed by atoms with Crippen molar-refractivity contribution in [3.8, 4) is 22.6 Å². The van der Waals surface area contributed by atoms with E-state index in [-0.39, 0.29) is 39.5 Å². The second-order valence-electron chi connectivity index (χ2n) is 6.52. The first-order valence-corrected chi connectivity index (χ1v) is 11.3. The maximum absolute atomic E-state index is 12.4. The van der Waals surface area contributed by atoms with Gasteiger partial charge in [0.2, 0.25) is 11.2 Å². The molecule has 13 heteroatoms. The lowest BCUT2D eigenvalue weighted by molar-refractivity contribution is -0.759. The van der Waals surface area contributed by atoms with Crippen molar-refractivity contribution in [2.24, 2.45) is 0 Å². The van der Waals surface area contributed by atoms with E-state index in [1.807, 2.05) is 22.5 Å². The van der Waals surface area contributed by atoms with Gasteiger partial charge in [-0.1, -0.05) is 17.8 Å². The van der Waals surface area contributed by atoms with Crippen LogP contribution in [0.1, 0.15) is 11.1 Å². The third-order valence-electron chi connectivity index (χ3n) is 4.52. The van der Waals surface area contributed by atoms with Gasteiger partial charge < -0.3 is 10.5 Å². The Hall–Kier alpha value is -3.65. The summed E-state index contributed by atoms with van der Waals surface area (Å²) in [5, 5.41) is 29.8. The van der Waals surface area contributed by atoms with Crippen molar-refractivity contribution in [3.05, 3.63) is 34.8 Å². The number of pyridine rings is 1. The number of nitriles is 2. The van der Waals surface area contributed by atoms with Gasteiger partial charge in [0.1, 0.15) is 28.5 Å². The maximum atomic E-state index is 12.4. The first-order valence-electron chi connectivity index (χ1n) is 9.42.